The van der Waals surface area contributed by atoms with Crippen LogP contribution in [0.2, 0.25) is 0 Å². The highest BCUT2D eigenvalue weighted by molar-refractivity contribution is 6.20. The van der Waals surface area contributed by atoms with Gasteiger partial charge in [0.15, 0.2) is 0 Å². The Balaban J connectivity index is 2.27. The fraction of sp³-hybridized carbons (Fsp3) is 0.500. The van der Waals surface area contributed by atoms with Gasteiger partial charge in [-0.2, -0.15) is 0 Å². The SMILES string of the molecule is CC(C)CNC(=O)Cn1c(C(C)Cl)nc2cnccc21. The average molecular weight is 295 g/mol. The molecular weight excluding hydrogens is 276 g/mol. The first-order valence-corrected chi connectivity index (χ1v) is 7.13. The molecule has 0 saturated carbocycles. The van der Waals surface area contributed by atoms with E-state index in [0.29, 0.717) is 18.3 Å². The molecule has 1 amide bonds. The highest BCUT2D eigenvalue weighted by Crippen LogP contribution is 2.23. The van der Waals surface area contributed by atoms with Gasteiger partial charge in [-0.05, 0) is 18.9 Å². The lowest BCUT2D eigenvalue weighted by Crippen LogP contribution is -2.31. The van der Waals surface area contributed by atoms with Gasteiger partial charge >= 0.3 is 0 Å². The minimum absolute atomic E-state index is 0.0339. The van der Waals surface area contributed by atoms with Crippen molar-refractivity contribution in [1.82, 2.24) is 19.9 Å². The second-order valence-corrected chi connectivity index (χ2v) is 5.89. The number of aromatic nitrogens is 3. The van der Waals surface area contributed by atoms with Crippen LogP contribution in [0.1, 0.15) is 32.0 Å². The smallest absolute Gasteiger partial charge is 0.240 e. The minimum Gasteiger partial charge on any atom is -0.354 e. The Morgan fingerprint density at radius 2 is 2.20 bits per heavy atom. The van der Waals surface area contributed by atoms with Crippen LogP contribution in [-0.2, 0) is 11.3 Å². The number of amides is 1. The third-order valence-electron chi connectivity index (χ3n) is 2.95. The van der Waals surface area contributed by atoms with Crippen molar-refractivity contribution in [2.75, 3.05) is 6.54 Å². The van der Waals surface area contributed by atoms with Gasteiger partial charge in [0, 0.05) is 12.7 Å². The molecule has 0 aromatic carbocycles. The third-order valence-corrected chi connectivity index (χ3v) is 3.14. The molecule has 108 valence electrons. The number of alkyl halides is 1. The van der Waals surface area contributed by atoms with Gasteiger partial charge in [-0.15, -0.1) is 11.6 Å². The van der Waals surface area contributed by atoms with E-state index in [1.54, 1.807) is 12.4 Å². The van der Waals surface area contributed by atoms with Gasteiger partial charge in [0.05, 0.1) is 17.1 Å². The number of carbonyl (C=O) groups is 1. The molecule has 0 aliphatic heterocycles. The zero-order valence-electron chi connectivity index (χ0n) is 11.9. The first kappa shape index (κ1) is 14.8. The predicted molar refractivity (Wildman–Crippen MR) is 79.6 cm³/mol. The summed E-state index contributed by atoms with van der Waals surface area (Å²) in [5, 5.41) is 2.64. The molecule has 5 nitrogen and oxygen atoms in total. The van der Waals surface area contributed by atoms with E-state index < -0.39 is 0 Å². The topological polar surface area (TPSA) is 59.8 Å². The van der Waals surface area contributed by atoms with E-state index in [0.717, 1.165) is 11.0 Å². The van der Waals surface area contributed by atoms with E-state index in [1.165, 1.54) is 0 Å². The minimum atomic E-state index is -0.264. The molecule has 0 spiro atoms. The summed E-state index contributed by atoms with van der Waals surface area (Å²) in [5.74, 6) is 1.08. The van der Waals surface area contributed by atoms with Gasteiger partial charge in [0.25, 0.3) is 0 Å². The highest BCUT2D eigenvalue weighted by atomic mass is 35.5. The molecular formula is C14H19ClN4O. The van der Waals surface area contributed by atoms with E-state index >= 15 is 0 Å². The van der Waals surface area contributed by atoms with Gasteiger partial charge in [-0.1, -0.05) is 13.8 Å². The average Bonchev–Trinajstić information content (AvgIpc) is 2.76. The Kier molecular flexibility index (Phi) is 4.60. The lowest BCUT2D eigenvalue weighted by molar-refractivity contribution is -0.121. The molecule has 0 aliphatic rings. The van der Waals surface area contributed by atoms with Crippen molar-refractivity contribution < 1.29 is 4.79 Å². The van der Waals surface area contributed by atoms with Crippen LogP contribution in [0.25, 0.3) is 11.0 Å². The molecule has 0 fully saturated rings. The number of imidazole rings is 1. The highest BCUT2D eigenvalue weighted by Gasteiger charge is 2.17. The van der Waals surface area contributed by atoms with Crippen molar-refractivity contribution >= 4 is 28.5 Å². The second-order valence-electron chi connectivity index (χ2n) is 5.23. The summed E-state index contributed by atoms with van der Waals surface area (Å²) in [6.07, 6.45) is 3.37. The van der Waals surface area contributed by atoms with Gasteiger partial charge in [-0.3, -0.25) is 9.78 Å². The first-order valence-electron chi connectivity index (χ1n) is 6.70. The zero-order valence-corrected chi connectivity index (χ0v) is 12.7. The maximum Gasteiger partial charge on any atom is 0.240 e. The molecule has 0 bridgehead atoms. The Hall–Kier alpha value is -1.62. The molecule has 2 rings (SSSR count). The molecule has 2 aromatic heterocycles. The Labute approximate surface area is 123 Å². The van der Waals surface area contributed by atoms with E-state index in [2.05, 4.69) is 29.1 Å². The van der Waals surface area contributed by atoms with E-state index in [-0.39, 0.29) is 17.8 Å². The maximum atomic E-state index is 12.0. The number of hydrogen-bond acceptors (Lipinski definition) is 3. The van der Waals surface area contributed by atoms with Gasteiger partial charge in [0.2, 0.25) is 5.91 Å². The summed E-state index contributed by atoms with van der Waals surface area (Å²) in [6, 6.07) is 1.85. The summed E-state index contributed by atoms with van der Waals surface area (Å²) in [7, 11) is 0. The molecule has 0 radical (unpaired) electrons. The number of hydrogen-bond donors (Lipinski definition) is 1. The van der Waals surface area contributed by atoms with Crippen LogP contribution in [0.5, 0.6) is 0 Å². The van der Waals surface area contributed by atoms with Crippen LogP contribution in [0.4, 0.5) is 0 Å². The van der Waals surface area contributed by atoms with Crippen LogP contribution in [0.15, 0.2) is 18.5 Å². The zero-order chi connectivity index (χ0) is 14.7. The number of fused-ring (bicyclic) bond motifs is 1. The molecule has 1 atom stereocenters. The number of pyridine rings is 1. The summed E-state index contributed by atoms with van der Waals surface area (Å²) in [5.41, 5.74) is 1.63. The maximum absolute atomic E-state index is 12.0. The fourth-order valence-corrected chi connectivity index (χ4v) is 2.15. The Morgan fingerprint density at radius 3 is 2.85 bits per heavy atom. The molecule has 2 heterocycles. The number of halogens is 1. The molecule has 6 heteroatoms. The summed E-state index contributed by atoms with van der Waals surface area (Å²) in [6.45, 7) is 6.85. The molecule has 1 unspecified atom stereocenters. The van der Waals surface area contributed by atoms with Gasteiger partial charge in [0.1, 0.15) is 17.9 Å². The van der Waals surface area contributed by atoms with Crippen LogP contribution >= 0.6 is 11.6 Å². The van der Waals surface area contributed by atoms with Crippen molar-refractivity contribution in [2.45, 2.75) is 32.7 Å². The fourth-order valence-electron chi connectivity index (χ4n) is 1.99. The molecule has 2 aromatic rings. The second kappa shape index (κ2) is 6.22. The Morgan fingerprint density at radius 1 is 1.45 bits per heavy atom. The van der Waals surface area contributed by atoms with Crippen molar-refractivity contribution in [2.24, 2.45) is 5.92 Å². The lowest BCUT2D eigenvalue weighted by Gasteiger charge is -2.12. The predicted octanol–water partition coefficient (Wildman–Crippen LogP) is 2.50. The van der Waals surface area contributed by atoms with Crippen LogP contribution < -0.4 is 5.32 Å². The largest absolute Gasteiger partial charge is 0.354 e. The molecule has 0 saturated heterocycles. The summed E-state index contributed by atoms with van der Waals surface area (Å²) >= 11 is 6.16. The van der Waals surface area contributed by atoms with Crippen molar-refractivity contribution in [1.29, 1.82) is 0 Å². The van der Waals surface area contributed by atoms with Crippen LogP contribution in [0, 0.1) is 5.92 Å². The summed E-state index contributed by atoms with van der Waals surface area (Å²) < 4.78 is 1.85. The number of rotatable bonds is 5. The first-order chi connectivity index (χ1) is 9.49. The normalized spacial score (nSPS) is 12.8. The molecule has 0 aliphatic carbocycles. The van der Waals surface area contributed by atoms with E-state index in [9.17, 15) is 4.79 Å². The van der Waals surface area contributed by atoms with Crippen molar-refractivity contribution in [3.63, 3.8) is 0 Å². The van der Waals surface area contributed by atoms with Crippen molar-refractivity contribution in [3.05, 3.63) is 24.3 Å². The van der Waals surface area contributed by atoms with E-state index in [4.69, 9.17) is 11.6 Å². The standard InChI is InChI=1S/C14H19ClN4O/c1-9(2)6-17-13(20)8-19-12-4-5-16-7-11(12)18-14(19)10(3)15/h4-5,7,9-10H,6,8H2,1-3H3,(H,17,20). The Bertz CT molecular complexity index is 606. The van der Waals surface area contributed by atoms with Gasteiger partial charge < -0.3 is 9.88 Å². The van der Waals surface area contributed by atoms with Crippen LogP contribution in [0.3, 0.4) is 0 Å². The third kappa shape index (κ3) is 3.28. The van der Waals surface area contributed by atoms with Crippen LogP contribution in [-0.4, -0.2) is 27.0 Å². The van der Waals surface area contributed by atoms with Gasteiger partial charge in [-0.25, -0.2) is 4.98 Å². The number of nitrogens with zero attached hydrogens (tertiary/aromatic N) is 3. The molecule has 1 N–H and O–H groups in total. The summed E-state index contributed by atoms with van der Waals surface area (Å²) in [4.78, 5) is 20.5. The quantitative estimate of drug-likeness (QED) is 0.862. The van der Waals surface area contributed by atoms with E-state index in [1.807, 2.05) is 17.6 Å². The monoisotopic (exact) mass is 294 g/mol. The number of carbonyl (C=O) groups excluding carboxylic acids is 1. The molecule has 20 heavy (non-hydrogen) atoms. The van der Waals surface area contributed by atoms with Crippen molar-refractivity contribution in [3.8, 4) is 0 Å². The lowest BCUT2D eigenvalue weighted by atomic mass is 10.2. The number of nitrogens with one attached hydrogen (secondary N) is 1.